The molecule has 20 heavy (non-hydrogen) atoms. The second kappa shape index (κ2) is 6.39. The molecule has 2 aromatic carbocycles. The predicted molar refractivity (Wildman–Crippen MR) is 84.7 cm³/mol. The number of carbonyl (C=O) groups excluding carboxylic acids is 1. The molecule has 0 saturated heterocycles. The first kappa shape index (κ1) is 15.0. The van der Waals surface area contributed by atoms with Gasteiger partial charge in [0, 0.05) is 15.6 Å². The van der Waals surface area contributed by atoms with Gasteiger partial charge >= 0.3 is 0 Å². The van der Waals surface area contributed by atoms with Crippen molar-refractivity contribution in [3.05, 3.63) is 52.0 Å². The van der Waals surface area contributed by atoms with Crippen molar-refractivity contribution in [1.82, 2.24) is 0 Å². The van der Waals surface area contributed by atoms with E-state index in [4.69, 9.17) is 27.9 Å². The number of amides is 1. The van der Waals surface area contributed by atoms with Crippen LogP contribution in [0.1, 0.15) is 10.4 Å². The molecule has 1 N–H and O–H groups in total. The summed E-state index contributed by atoms with van der Waals surface area (Å²) in [6, 6.07) is 10.0. The average molecular weight is 328 g/mol. The summed E-state index contributed by atoms with van der Waals surface area (Å²) in [6.45, 7) is 0. The van der Waals surface area contributed by atoms with E-state index in [9.17, 15) is 4.79 Å². The number of benzene rings is 2. The van der Waals surface area contributed by atoms with Crippen LogP contribution in [-0.4, -0.2) is 13.0 Å². The normalized spacial score (nSPS) is 10.2. The van der Waals surface area contributed by atoms with Gasteiger partial charge in [0.25, 0.3) is 5.91 Å². The van der Waals surface area contributed by atoms with Crippen molar-refractivity contribution in [2.45, 2.75) is 4.90 Å². The van der Waals surface area contributed by atoms with Crippen LogP contribution in [0.2, 0.25) is 10.0 Å². The summed E-state index contributed by atoms with van der Waals surface area (Å²) in [6.07, 6.45) is 0. The Balaban J connectivity index is 2.23. The zero-order valence-electron chi connectivity index (χ0n) is 10.5. The van der Waals surface area contributed by atoms with Crippen molar-refractivity contribution in [3.8, 4) is 5.75 Å². The molecule has 0 unspecified atom stereocenters. The molecule has 0 bridgehead atoms. The van der Waals surface area contributed by atoms with Crippen molar-refractivity contribution >= 4 is 47.4 Å². The van der Waals surface area contributed by atoms with Crippen LogP contribution >= 0.6 is 35.8 Å². The lowest BCUT2D eigenvalue weighted by Crippen LogP contribution is -2.12. The van der Waals surface area contributed by atoms with E-state index in [1.807, 2.05) is 0 Å². The topological polar surface area (TPSA) is 38.3 Å². The second-order valence-electron chi connectivity index (χ2n) is 3.97. The molecule has 0 aliphatic heterocycles. The number of methoxy groups -OCH3 is 1. The second-order valence-corrected chi connectivity index (χ2v) is 5.26. The van der Waals surface area contributed by atoms with Crippen molar-refractivity contribution in [3.63, 3.8) is 0 Å². The number of carbonyl (C=O) groups is 1. The first-order valence-electron chi connectivity index (χ1n) is 5.64. The lowest BCUT2D eigenvalue weighted by molar-refractivity contribution is 0.102. The van der Waals surface area contributed by atoms with E-state index in [-0.39, 0.29) is 5.91 Å². The van der Waals surface area contributed by atoms with E-state index in [1.165, 1.54) is 12.1 Å². The van der Waals surface area contributed by atoms with Crippen LogP contribution in [0.15, 0.2) is 41.3 Å². The first-order valence-corrected chi connectivity index (χ1v) is 6.85. The Kier molecular flexibility index (Phi) is 4.81. The number of ether oxygens (including phenoxy) is 1. The minimum atomic E-state index is -0.329. The van der Waals surface area contributed by atoms with E-state index in [2.05, 4.69) is 17.9 Å². The molecule has 0 aliphatic rings. The zero-order valence-corrected chi connectivity index (χ0v) is 12.9. The van der Waals surface area contributed by atoms with Crippen molar-refractivity contribution < 1.29 is 9.53 Å². The molecule has 0 heterocycles. The van der Waals surface area contributed by atoms with Gasteiger partial charge in [-0.2, -0.15) is 0 Å². The molecule has 0 atom stereocenters. The Morgan fingerprint density at radius 1 is 1.20 bits per heavy atom. The molecule has 2 rings (SSSR count). The van der Waals surface area contributed by atoms with Gasteiger partial charge in [0.05, 0.1) is 17.7 Å². The van der Waals surface area contributed by atoms with Gasteiger partial charge < -0.3 is 10.1 Å². The largest absolute Gasteiger partial charge is 0.497 e. The van der Waals surface area contributed by atoms with Crippen molar-refractivity contribution in [2.24, 2.45) is 0 Å². The number of thiol groups is 1. The van der Waals surface area contributed by atoms with E-state index in [0.29, 0.717) is 31.9 Å². The Labute approximate surface area is 132 Å². The predicted octanol–water partition coefficient (Wildman–Crippen LogP) is 4.54. The van der Waals surface area contributed by atoms with E-state index in [0.717, 1.165) is 0 Å². The molecular formula is C14H11Cl2NO2S. The lowest BCUT2D eigenvalue weighted by atomic mass is 10.2. The van der Waals surface area contributed by atoms with E-state index < -0.39 is 0 Å². The summed E-state index contributed by atoms with van der Waals surface area (Å²) >= 11 is 16.1. The summed E-state index contributed by atoms with van der Waals surface area (Å²) in [5.74, 6) is 0.383. The molecule has 3 nitrogen and oxygen atoms in total. The van der Waals surface area contributed by atoms with Gasteiger partial charge in [0.1, 0.15) is 5.75 Å². The fourth-order valence-electron chi connectivity index (χ4n) is 1.61. The highest BCUT2D eigenvalue weighted by Gasteiger charge is 2.13. The highest BCUT2D eigenvalue weighted by Crippen LogP contribution is 2.29. The van der Waals surface area contributed by atoms with Gasteiger partial charge in [-0.25, -0.2) is 0 Å². The van der Waals surface area contributed by atoms with Crippen LogP contribution in [0.3, 0.4) is 0 Å². The summed E-state index contributed by atoms with van der Waals surface area (Å²) in [5, 5.41) is 3.46. The van der Waals surface area contributed by atoms with Crippen LogP contribution < -0.4 is 10.1 Å². The standard InChI is InChI=1S/C14H11Cl2NO2S/c1-19-10-4-2-9(3-5-10)17-14(18)11-6-8(15)7-12(16)13(11)20/h2-7,20H,1H3,(H,17,18). The number of rotatable bonds is 3. The molecule has 0 saturated carbocycles. The first-order chi connectivity index (χ1) is 9.51. The molecule has 1 amide bonds. The third kappa shape index (κ3) is 3.39. The number of halogens is 2. The molecular weight excluding hydrogens is 317 g/mol. The van der Waals surface area contributed by atoms with Crippen LogP contribution in [0.4, 0.5) is 5.69 Å². The van der Waals surface area contributed by atoms with Gasteiger partial charge in [0.15, 0.2) is 0 Å². The summed E-state index contributed by atoms with van der Waals surface area (Å²) in [5.41, 5.74) is 0.960. The van der Waals surface area contributed by atoms with Crippen LogP contribution in [-0.2, 0) is 0 Å². The van der Waals surface area contributed by atoms with Crippen LogP contribution in [0.25, 0.3) is 0 Å². The Hall–Kier alpha value is -1.36. The molecule has 104 valence electrons. The van der Waals surface area contributed by atoms with Crippen LogP contribution in [0.5, 0.6) is 5.75 Å². The summed E-state index contributed by atoms with van der Waals surface area (Å²) in [7, 11) is 1.58. The van der Waals surface area contributed by atoms with Crippen molar-refractivity contribution in [1.29, 1.82) is 0 Å². The van der Waals surface area contributed by atoms with Gasteiger partial charge in [-0.3, -0.25) is 4.79 Å². The third-order valence-corrected chi connectivity index (χ3v) is 3.75. The maximum Gasteiger partial charge on any atom is 0.256 e. The molecule has 2 aromatic rings. The number of nitrogens with one attached hydrogen (secondary N) is 1. The van der Waals surface area contributed by atoms with Gasteiger partial charge in [-0.05, 0) is 36.4 Å². The number of hydrogen-bond donors (Lipinski definition) is 2. The molecule has 0 aromatic heterocycles. The zero-order chi connectivity index (χ0) is 14.7. The highest BCUT2D eigenvalue weighted by atomic mass is 35.5. The number of anilines is 1. The molecule has 6 heteroatoms. The van der Waals surface area contributed by atoms with E-state index >= 15 is 0 Å². The Morgan fingerprint density at radius 2 is 1.85 bits per heavy atom. The molecule has 0 aliphatic carbocycles. The minimum Gasteiger partial charge on any atom is -0.497 e. The minimum absolute atomic E-state index is 0.321. The van der Waals surface area contributed by atoms with Gasteiger partial charge in [0.2, 0.25) is 0 Å². The van der Waals surface area contributed by atoms with Gasteiger partial charge in [-0.15, -0.1) is 12.6 Å². The molecule has 0 fully saturated rings. The summed E-state index contributed by atoms with van der Waals surface area (Å²) in [4.78, 5) is 12.6. The number of hydrogen-bond acceptors (Lipinski definition) is 3. The fourth-order valence-corrected chi connectivity index (χ4v) is 2.34. The molecule has 0 radical (unpaired) electrons. The fraction of sp³-hybridized carbons (Fsp3) is 0.0714. The van der Waals surface area contributed by atoms with Crippen LogP contribution in [0, 0.1) is 0 Å². The molecule has 0 spiro atoms. The van der Waals surface area contributed by atoms with E-state index in [1.54, 1.807) is 31.4 Å². The van der Waals surface area contributed by atoms with Crippen molar-refractivity contribution in [2.75, 3.05) is 12.4 Å². The Morgan fingerprint density at radius 3 is 2.45 bits per heavy atom. The monoisotopic (exact) mass is 327 g/mol. The quantitative estimate of drug-likeness (QED) is 0.812. The highest BCUT2D eigenvalue weighted by molar-refractivity contribution is 7.80. The SMILES string of the molecule is COc1ccc(NC(=O)c2cc(Cl)cc(Cl)c2S)cc1. The smallest absolute Gasteiger partial charge is 0.256 e. The Bertz CT molecular complexity index is 644. The maximum absolute atomic E-state index is 12.2. The van der Waals surface area contributed by atoms with Gasteiger partial charge in [-0.1, -0.05) is 23.2 Å². The maximum atomic E-state index is 12.2. The lowest BCUT2D eigenvalue weighted by Gasteiger charge is -2.09. The average Bonchev–Trinajstić information content (AvgIpc) is 2.43. The summed E-state index contributed by atoms with van der Waals surface area (Å²) < 4.78 is 5.05. The third-order valence-electron chi connectivity index (χ3n) is 2.62.